The molecule has 0 bridgehead atoms. The molecule has 1 aromatic carbocycles. The molecule has 2 aromatic heterocycles. The molecule has 0 aliphatic rings. The fraction of sp³-hybridized carbons (Fsp3) is 0.133. The number of benzene rings is 1. The van der Waals surface area contributed by atoms with Crippen molar-refractivity contribution in [1.29, 1.82) is 0 Å². The molecule has 4 N–H and O–H groups in total. The second-order valence-electron chi connectivity index (χ2n) is 4.93. The van der Waals surface area contributed by atoms with Crippen molar-refractivity contribution in [2.45, 2.75) is 13.8 Å². The van der Waals surface area contributed by atoms with Crippen LogP contribution in [-0.4, -0.2) is 15.1 Å². The van der Waals surface area contributed by atoms with Crippen molar-refractivity contribution in [3.63, 3.8) is 0 Å². The number of nitrogens with one attached hydrogen (secondary N) is 2. The highest BCUT2D eigenvalue weighted by Crippen LogP contribution is 2.28. The Kier molecular flexibility index (Phi) is 3.61. The predicted molar refractivity (Wildman–Crippen MR) is 85.4 cm³/mol. The number of nitrogen functional groups attached to an aromatic ring is 1. The molecular weight excluding hydrogens is 280 g/mol. The van der Waals surface area contributed by atoms with Gasteiger partial charge in [-0.15, -0.1) is 0 Å². The maximum Gasteiger partial charge on any atom is 0.175 e. The van der Waals surface area contributed by atoms with Crippen molar-refractivity contribution in [3.8, 4) is 0 Å². The van der Waals surface area contributed by atoms with Crippen LogP contribution in [0.25, 0.3) is 0 Å². The number of nitrogens with two attached hydrogens (primary N) is 1. The highest BCUT2D eigenvalue weighted by atomic mass is 16.5. The van der Waals surface area contributed by atoms with Crippen LogP contribution >= 0.6 is 0 Å². The number of rotatable bonds is 4. The molecule has 22 heavy (non-hydrogen) atoms. The largest absolute Gasteiger partial charge is 0.393 e. The van der Waals surface area contributed by atoms with Gasteiger partial charge >= 0.3 is 0 Å². The fourth-order valence-corrected chi connectivity index (χ4v) is 2.00. The Morgan fingerprint density at radius 2 is 1.82 bits per heavy atom. The van der Waals surface area contributed by atoms with Crippen LogP contribution in [0.4, 0.5) is 28.8 Å². The van der Waals surface area contributed by atoms with E-state index in [2.05, 4.69) is 25.8 Å². The quantitative estimate of drug-likeness (QED) is 0.679. The van der Waals surface area contributed by atoms with Crippen LogP contribution in [-0.2, 0) is 0 Å². The van der Waals surface area contributed by atoms with Gasteiger partial charge in [0.1, 0.15) is 17.8 Å². The van der Waals surface area contributed by atoms with Crippen LogP contribution in [0.15, 0.2) is 41.2 Å². The highest BCUT2D eigenvalue weighted by Gasteiger charge is 2.10. The standard InChI is InChI=1S/C15H16N6O/c1-9-4-3-5-11(6-9)19-14-13(16)15(18-8-17-14)20-12-7-10(2)22-21-12/h3-8H,16H2,1-2H3,(H2,17,18,19,20,21). The number of hydrogen-bond donors (Lipinski definition) is 3. The number of nitrogens with zero attached hydrogens (tertiary/aromatic N) is 3. The molecule has 2 heterocycles. The lowest BCUT2D eigenvalue weighted by molar-refractivity contribution is 0.400. The summed E-state index contributed by atoms with van der Waals surface area (Å²) < 4.78 is 5.00. The van der Waals surface area contributed by atoms with E-state index in [0.717, 1.165) is 11.3 Å². The number of aromatic nitrogens is 3. The Morgan fingerprint density at radius 3 is 2.50 bits per heavy atom. The lowest BCUT2D eigenvalue weighted by Crippen LogP contribution is -2.05. The average Bonchev–Trinajstić information content (AvgIpc) is 2.89. The van der Waals surface area contributed by atoms with Crippen LogP contribution in [0.1, 0.15) is 11.3 Å². The molecule has 0 fully saturated rings. The average molecular weight is 296 g/mol. The van der Waals surface area contributed by atoms with Gasteiger partial charge in [0, 0.05) is 11.8 Å². The molecular formula is C15H16N6O. The first-order valence-electron chi connectivity index (χ1n) is 6.76. The van der Waals surface area contributed by atoms with Crippen molar-refractivity contribution in [1.82, 2.24) is 15.1 Å². The Bertz CT molecular complexity index is 798. The van der Waals surface area contributed by atoms with Crippen molar-refractivity contribution in [3.05, 3.63) is 48.0 Å². The lowest BCUT2D eigenvalue weighted by Gasteiger charge is -2.11. The van der Waals surface area contributed by atoms with Gasteiger partial charge in [0.15, 0.2) is 17.5 Å². The maximum atomic E-state index is 6.12. The van der Waals surface area contributed by atoms with Crippen LogP contribution in [0, 0.1) is 13.8 Å². The summed E-state index contributed by atoms with van der Waals surface area (Å²) in [5.41, 5.74) is 8.58. The van der Waals surface area contributed by atoms with E-state index in [-0.39, 0.29) is 0 Å². The van der Waals surface area contributed by atoms with Crippen LogP contribution in [0.2, 0.25) is 0 Å². The van der Waals surface area contributed by atoms with Gasteiger partial charge in [0.2, 0.25) is 0 Å². The Labute approximate surface area is 127 Å². The summed E-state index contributed by atoms with van der Waals surface area (Å²) in [5, 5.41) is 10.0. The minimum atomic E-state index is 0.407. The van der Waals surface area contributed by atoms with Crippen molar-refractivity contribution in [2.75, 3.05) is 16.4 Å². The van der Waals surface area contributed by atoms with Gasteiger partial charge in [-0.25, -0.2) is 9.97 Å². The normalized spacial score (nSPS) is 10.5. The first kappa shape index (κ1) is 13.9. The van der Waals surface area contributed by atoms with Gasteiger partial charge in [-0.05, 0) is 31.5 Å². The molecule has 0 saturated heterocycles. The van der Waals surface area contributed by atoms with Gasteiger partial charge < -0.3 is 20.9 Å². The molecule has 0 spiro atoms. The minimum absolute atomic E-state index is 0.407. The first-order chi connectivity index (χ1) is 10.6. The number of anilines is 5. The van der Waals surface area contributed by atoms with Crippen molar-refractivity contribution < 1.29 is 4.52 Å². The van der Waals surface area contributed by atoms with Crippen molar-refractivity contribution in [2.24, 2.45) is 0 Å². The molecule has 0 aliphatic heterocycles. The van der Waals surface area contributed by atoms with Crippen molar-refractivity contribution >= 4 is 28.8 Å². The molecule has 0 aliphatic carbocycles. The van der Waals surface area contributed by atoms with E-state index in [0.29, 0.717) is 28.9 Å². The smallest absolute Gasteiger partial charge is 0.175 e. The van der Waals surface area contributed by atoms with E-state index in [4.69, 9.17) is 10.3 Å². The van der Waals surface area contributed by atoms with Gasteiger partial charge in [0.25, 0.3) is 0 Å². The molecule has 0 radical (unpaired) electrons. The summed E-state index contributed by atoms with van der Waals surface area (Å²) in [6.45, 7) is 3.83. The third kappa shape index (κ3) is 2.98. The van der Waals surface area contributed by atoms with E-state index in [1.54, 1.807) is 6.07 Å². The second-order valence-corrected chi connectivity index (χ2v) is 4.93. The zero-order valence-electron chi connectivity index (χ0n) is 12.3. The monoisotopic (exact) mass is 296 g/mol. The van der Waals surface area contributed by atoms with Crippen LogP contribution < -0.4 is 16.4 Å². The molecule has 7 nitrogen and oxygen atoms in total. The van der Waals surface area contributed by atoms with E-state index in [1.807, 2.05) is 38.1 Å². The molecule has 112 valence electrons. The van der Waals surface area contributed by atoms with Gasteiger partial charge in [0.05, 0.1) is 0 Å². The summed E-state index contributed by atoms with van der Waals surface area (Å²) in [5.74, 6) is 2.25. The maximum absolute atomic E-state index is 6.12. The highest BCUT2D eigenvalue weighted by molar-refractivity contribution is 5.79. The predicted octanol–water partition coefficient (Wildman–Crippen LogP) is 3.15. The summed E-state index contributed by atoms with van der Waals surface area (Å²) in [6, 6.07) is 9.70. The van der Waals surface area contributed by atoms with E-state index < -0.39 is 0 Å². The number of hydrogen-bond acceptors (Lipinski definition) is 7. The van der Waals surface area contributed by atoms with Crippen LogP contribution in [0.5, 0.6) is 0 Å². The number of aryl methyl sites for hydroxylation is 2. The Morgan fingerprint density at radius 1 is 1.05 bits per heavy atom. The van der Waals surface area contributed by atoms with E-state index in [1.165, 1.54) is 6.33 Å². The second kappa shape index (κ2) is 5.72. The molecule has 7 heteroatoms. The SMILES string of the molecule is Cc1cccc(Nc2ncnc(Nc3cc(C)on3)c2N)c1. The van der Waals surface area contributed by atoms with Crippen LogP contribution in [0.3, 0.4) is 0 Å². The van der Waals surface area contributed by atoms with Gasteiger partial charge in [-0.2, -0.15) is 0 Å². The zero-order chi connectivity index (χ0) is 15.5. The third-order valence-corrected chi connectivity index (χ3v) is 3.04. The van der Waals surface area contributed by atoms with Gasteiger partial charge in [-0.3, -0.25) is 0 Å². The van der Waals surface area contributed by atoms with E-state index in [9.17, 15) is 0 Å². The summed E-state index contributed by atoms with van der Waals surface area (Å²) >= 11 is 0. The summed E-state index contributed by atoms with van der Waals surface area (Å²) in [4.78, 5) is 8.31. The molecule has 3 rings (SSSR count). The zero-order valence-corrected chi connectivity index (χ0v) is 12.3. The molecule has 0 unspecified atom stereocenters. The first-order valence-corrected chi connectivity index (χ1v) is 6.76. The minimum Gasteiger partial charge on any atom is -0.393 e. The van der Waals surface area contributed by atoms with E-state index >= 15 is 0 Å². The molecule has 0 saturated carbocycles. The van der Waals surface area contributed by atoms with Gasteiger partial charge in [-0.1, -0.05) is 17.3 Å². The topological polar surface area (TPSA) is 102 Å². The fourth-order valence-electron chi connectivity index (χ4n) is 2.00. The lowest BCUT2D eigenvalue weighted by atomic mass is 10.2. The molecule has 0 atom stereocenters. The molecule has 3 aromatic rings. The molecule has 0 amide bonds. The summed E-state index contributed by atoms with van der Waals surface area (Å²) in [7, 11) is 0. The third-order valence-electron chi connectivity index (χ3n) is 3.04. The Hall–Kier alpha value is -3.09. The summed E-state index contributed by atoms with van der Waals surface area (Å²) in [6.07, 6.45) is 1.43. The Balaban J connectivity index is 1.85.